The number of aromatic carboxylic acids is 1. The molecular weight excluding hydrogens is 540 g/mol. The van der Waals surface area contributed by atoms with E-state index in [1.54, 1.807) is 48.5 Å². The van der Waals surface area contributed by atoms with E-state index in [9.17, 15) is 23.1 Å². The molecule has 3 aromatic heterocycles. The second-order valence-electron chi connectivity index (χ2n) is 7.63. The Morgan fingerprint density at radius 3 is 2.49 bits per heavy atom. The van der Waals surface area contributed by atoms with Gasteiger partial charge in [0.05, 0.1) is 17.4 Å². The Balaban J connectivity index is 0.00000320. The van der Waals surface area contributed by atoms with E-state index in [4.69, 9.17) is 16.1 Å². The van der Waals surface area contributed by atoms with E-state index >= 15 is 0 Å². The average Bonchev–Trinajstić information content (AvgIpc) is 3.60. The molecular formula is C24H13ClF3N4NaO3S. The number of carboxylic acids is 1. The molecule has 0 radical (unpaired) electrons. The van der Waals surface area contributed by atoms with E-state index in [1.165, 1.54) is 23.0 Å². The van der Waals surface area contributed by atoms with Crippen molar-refractivity contribution in [1.29, 1.82) is 0 Å². The molecule has 7 nitrogen and oxygen atoms in total. The summed E-state index contributed by atoms with van der Waals surface area (Å²) in [6.45, 7) is 0.210. The zero-order valence-corrected chi connectivity index (χ0v) is 22.6. The van der Waals surface area contributed by atoms with Crippen LogP contribution in [0.25, 0.3) is 33.3 Å². The molecule has 0 saturated heterocycles. The van der Waals surface area contributed by atoms with Gasteiger partial charge in [0.1, 0.15) is 10.6 Å². The van der Waals surface area contributed by atoms with Crippen molar-refractivity contribution in [1.82, 2.24) is 19.9 Å². The quantitative estimate of drug-likeness (QED) is 0.300. The van der Waals surface area contributed by atoms with Crippen LogP contribution in [0.5, 0.6) is 0 Å². The summed E-state index contributed by atoms with van der Waals surface area (Å²) in [6, 6.07) is 15.9. The van der Waals surface area contributed by atoms with Gasteiger partial charge in [0, 0.05) is 22.3 Å². The molecule has 0 aliphatic heterocycles. The number of rotatable bonds is 6. The van der Waals surface area contributed by atoms with E-state index in [0.717, 1.165) is 0 Å². The third-order valence-corrected chi connectivity index (χ3v) is 6.72. The number of alkyl halides is 3. The maximum Gasteiger partial charge on any atom is 1.00 e. The van der Waals surface area contributed by atoms with Gasteiger partial charge in [-0.3, -0.25) is 4.68 Å². The van der Waals surface area contributed by atoms with Crippen LogP contribution < -0.4 is 34.7 Å². The van der Waals surface area contributed by atoms with E-state index in [2.05, 4.69) is 15.2 Å². The first-order valence-corrected chi connectivity index (χ1v) is 11.5. The zero-order chi connectivity index (χ0) is 25.4. The molecule has 37 heavy (non-hydrogen) atoms. The van der Waals surface area contributed by atoms with Gasteiger partial charge in [-0.1, -0.05) is 59.2 Å². The van der Waals surface area contributed by atoms with Crippen LogP contribution in [-0.2, 0) is 12.7 Å². The summed E-state index contributed by atoms with van der Waals surface area (Å²) in [5.41, 5.74) is 1.41. The van der Waals surface area contributed by atoms with Crippen LogP contribution in [0.2, 0.25) is 5.02 Å². The standard InChI is InChI=1S/C24H14ClF3N4O3S.Na/c25-17-10-14(6-7-15(17)12-32-9-8-18(30-32)23(33)34)21-29-22(35-31-21)19-11-16(13-4-2-1-3-5-13)20(36-19)24(26,27)28;/h1-11H,12H2,(H,33,34);/q;+1/p-1. The molecule has 0 N–H and O–H groups in total. The van der Waals surface area contributed by atoms with Crippen molar-refractivity contribution < 1.29 is 57.2 Å². The predicted octanol–water partition coefficient (Wildman–Crippen LogP) is 2.42. The van der Waals surface area contributed by atoms with Gasteiger partial charge >= 0.3 is 35.7 Å². The number of carbonyl (C=O) groups excluding carboxylic acids is 1. The maximum atomic E-state index is 13.7. The van der Waals surface area contributed by atoms with Crippen LogP contribution >= 0.6 is 22.9 Å². The van der Waals surface area contributed by atoms with E-state index in [1.807, 2.05) is 0 Å². The number of halogens is 4. The fourth-order valence-corrected chi connectivity index (χ4v) is 4.74. The van der Waals surface area contributed by atoms with Gasteiger partial charge in [0.15, 0.2) is 0 Å². The van der Waals surface area contributed by atoms with Crippen LogP contribution in [0.1, 0.15) is 20.9 Å². The molecule has 0 saturated carbocycles. The third kappa shape index (κ3) is 5.81. The number of nitrogens with zero attached hydrogens (tertiary/aromatic N) is 4. The first-order chi connectivity index (χ1) is 17.2. The molecule has 0 bridgehead atoms. The second kappa shape index (κ2) is 10.8. The van der Waals surface area contributed by atoms with Gasteiger partial charge in [-0.05, 0) is 29.3 Å². The smallest absolute Gasteiger partial charge is 0.543 e. The third-order valence-electron chi connectivity index (χ3n) is 5.20. The second-order valence-corrected chi connectivity index (χ2v) is 9.09. The predicted molar refractivity (Wildman–Crippen MR) is 124 cm³/mol. The van der Waals surface area contributed by atoms with Gasteiger partial charge < -0.3 is 14.4 Å². The van der Waals surface area contributed by atoms with Crippen molar-refractivity contribution in [2.75, 3.05) is 0 Å². The minimum atomic E-state index is -4.55. The van der Waals surface area contributed by atoms with Crippen molar-refractivity contribution in [3.05, 3.63) is 88.0 Å². The summed E-state index contributed by atoms with van der Waals surface area (Å²) in [6.07, 6.45) is -3.06. The van der Waals surface area contributed by atoms with Crippen LogP contribution in [0, 0.1) is 0 Å². The van der Waals surface area contributed by atoms with Gasteiger partial charge in [-0.25, -0.2) is 0 Å². The molecule has 0 fully saturated rings. The van der Waals surface area contributed by atoms with Crippen LogP contribution in [0.15, 0.2) is 71.4 Å². The molecule has 182 valence electrons. The Morgan fingerprint density at radius 2 is 1.84 bits per heavy atom. The molecule has 2 aromatic carbocycles. The summed E-state index contributed by atoms with van der Waals surface area (Å²) in [5.74, 6) is -1.28. The number of hydrogen-bond donors (Lipinski definition) is 0. The van der Waals surface area contributed by atoms with Gasteiger partial charge in [-0.2, -0.15) is 23.3 Å². The van der Waals surface area contributed by atoms with E-state index in [-0.39, 0.29) is 64.0 Å². The first-order valence-electron chi connectivity index (χ1n) is 10.3. The largest absolute Gasteiger partial charge is 1.00 e. The molecule has 0 amide bonds. The van der Waals surface area contributed by atoms with Crippen molar-refractivity contribution >= 4 is 28.9 Å². The topological polar surface area (TPSA) is 96.9 Å². The van der Waals surface area contributed by atoms with Crippen molar-refractivity contribution in [3.8, 4) is 33.3 Å². The molecule has 0 aliphatic carbocycles. The zero-order valence-electron chi connectivity index (χ0n) is 19.0. The van der Waals surface area contributed by atoms with Crippen LogP contribution in [0.3, 0.4) is 0 Å². The first kappa shape index (κ1) is 27.1. The Morgan fingerprint density at radius 1 is 1.08 bits per heavy atom. The summed E-state index contributed by atoms with van der Waals surface area (Å²) in [5, 5.41) is 19.0. The summed E-state index contributed by atoms with van der Waals surface area (Å²) in [4.78, 5) is 14.6. The van der Waals surface area contributed by atoms with Crippen LogP contribution in [-0.4, -0.2) is 25.9 Å². The number of benzene rings is 2. The Bertz CT molecular complexity index is 1570. The Labute approximate surface area is 238 Å². The normalized spacial score (nSPS) is 11.4. The number of thiophene rings is 1. The van der Waals surface area contributed by atoms with Gasteiger partial charge in [0.2, 0.25) is 5.82 Å². The van der Waals surface area contributed by atoms with Crippen molar-refractivity contribution in [2.45, 2.75) is 12.7 Å². The van der Waals surface area contributed by atoms with Gasteiger partial charge in [-0.15, -0.1) is 11.3 Å². The minimum absolute atomic E-state index is 0. The van der Waals surface area contributed by atoms with E-state index in [0.29, 0.717) is 33.0 Å². The molecule has 5 aromatic rings. The van der Waals surface area contributed by atoms with Crippen molar-refractivity contribution in [3.63, 3.8) is 0 Å². The summed E-state index contributed by atoms with van der Waals surface area (Å²) >= 11 is 6.92. The molecule has 3 heterocycles. The maximum absolute atomic E-state index is 13.7. The summed E-state index contributed by atoms with van der Waals surface area (Å²) < 4.78 is 47.8. The Hall–Kier alpha value is -2.96. The fourth-order valence-electron chi connectivity index (χ4n) is 3.53. The van der Waals surface area contributed by atoms with Crippen LogP contribution in [0.4, 0.5) is 13.2 Å². The number of carbonyl (C=O) groups is 1. The van der Waals surface area contributed by atoms with E-state index < -0.39 is 17.0 Å². The minimum Gasteiger partial charge on any atom is -0.543 e. The molecule has 0 atom stereocenters. The molecule has 0 unspecified atom stereocenters. The summed E-state index contributed by atoms with van der Waals surface area (Å²) in [7, 11) is 0. The molecule has 0 aliphatic rings. The SMILES string of the molecule is O=C([O-])c1ccn(Cc2ccc(-c3noc(-c4cc(-c5ccccc5)c(C(F)(F)F)s4)n3)cc2Cl)n1.[Na+]. The average molecular weight is 553 g/mol. The number of aromatic nitrogens is 4. The van der Waals surface area contributed by atoms with Crippen molar-refractivity contribution in [2.24, 2.45) is 0 Å². The monoisotopic (exact) mass is 552 g/mol. The molecule has 13 heteroatoms. The molecule has 0 spiro atoms. The number of carboxylic acid groups (broad SMARTS) is 1. The van der Waals surface area contributed by atoms with Gasteiger partial charge in [0.25, 0.3) is 5.89 Å². The molecule has 5 rings (SSSR count). The fraction of sp³-hybridized carbons (Fsp3) is 0.0833. The number of hydrogen-bond acceptors (Lipinski definition) is 7. The Kier molecular flexibility index (Phi) is 7.91.